The number of benzene rings is 1. The summed E-state index contributed by atoms with van der Waals surface area (Å²) >= 11 is 5.86. The number of nitrogens with one attached hydrogen (secondary N) is 1. The van der Waals surface area contributed by atoms with Gasteiger partial charge in [-0.25, -0.2) is 4.39 Å². The number of halogens is 3. The first-order valence-corrected chi connectivity index (χ1v) is 6.45. The van der Waals surface area contributed by atoms with Crippen molar-refractivity contribution in [1.29, 1.82) is 0 Å². The zero-order chi connectivity index (χ0) is 13.1. The Morgan fingerprint density at radius 3 is 2.53 bits per heavy atom. The molecule has 0 atom stereocenters. The molecule has 106 valence electrons. The number of hydrogen-bond donors (Lipinski definition) is 2. The highest BCUT2D eigenvalue weighted by molar-refractivity contribution is 6.33. The number of anilines is 1. The van der Waals surface area contributed by atoms with Gasteiger partial charge in [0.2, 0.25) is 5.91 Å². The van der Waals surface area contributed by atoms with Crippen LogP contribution in [-0.4, -0.2) is 11.9 Å². The molecule has 1 fully saturated rings. The van der Waals surface area contributed by atoms with E-state index in [-0.39, 0.29) is 35.3 Å². The van der Waals surface area contributed by atoms with Crippen molar-refractivity contribution >= 4 is 35.6 Å². The second kappa shape index (κ2) is 7.08. The Bertz CT molecular complexity index is 448. The number of carbonyl (C=O) groups is 1. The first kappa shape index (κ1) is 16.2. The highest BCUT2D eigenvalue weighted by Crippen LogP contribution is 2.27. The van der Waals surface area contributed by atoms with Gasteiger partial charge in [0, 0.05) is 12.0 Å². The topological polar surface area (TPSA) is 55.1 Å². The summed E-state index contributed by atoms with van der Waals surface area (Å²) in [5.41, 5.74) is 6.25. The molecule has 0 aliphatic heterocycles. The average Bonchev–Trinajstić information content (AvgIpc) is 2.33. The lowest BCUT2D eigenvalue weighted by Crippen LogP contribution is -2.32. The molecule has 0 aromatic heterocycles. The molecule has 0 unspecified atom stereocenters. The van der Waals surface area contributed by atoms with Crippen molar-refractivity contribution in [3.8, 4) is 0 Å². The van der Waals surface area contributed by atoms with Crippen molar-refractivity contribution < 1.29 is 9.18 Å². The molecule has 1 aliphatic rings. The molecule has 0 saturated heterocycles. The monoisotopic (exact) mass is 306 g/mol. The normalized spacial score (nSPS) is 22.5. The minimum atomic E-state index is -0.415. The van der Waals surface area contributed by atoms with Crippen molar-refractivity contribution in [3.05, 3.63) is 29.0 Å². The first-order valence-electron chi connectivity index (χ1n) is 6.08. The second-order valence-corrected chi connectivity index (χ2v) is 5.13. The quantitative estimate of drug-likeness (QED) is 0.880. The van der Waals surface area contributed by atoms with E-state index < -0.39 is 5.82 Å². The van der Waals surface area contributed by atoms with Gasteiger partial charge in [0.05, 0.1) is 10.7 Å². The molecule has 3 N–H and O–H groups in total. The summed E-state index contributed by atoms with van der Waals surface area (Å²) in [5.74, 6) is -0.497. The Hall–Kier alpha value is -0.840. The van der Waals surface area contributed by atoms with Crippen molar-refractivity contribution in [2.75, 3.05) is 5.32 Å². The third-order valence-electron chi connectivity index (χ3n) is 3.33. The Morgan fingerprint density at radius 1 is 1.32 bits per heavy atom. The third kappa shape index (κ3) is 4.34. The van der Waals surface area contributed by atoms with E-state index in [9.17, 15) is 9.18 Å². The predicted octanol–water partition coefficient (Wildman–Crippen LogP) is 3.36. The van der Waals surface area contributed by atoms with Crippen molar-refractivity contribution in [2.24, 2.45) is 11.7 Å². The van der Waals surface area contributed by atoms with Crippen LogP contribution in [-0.2, 0) is 4.79 Å². The van der Waals surface area contributed by atoms with Gasteiger partial charge in [0.15, 0.2) is 0 Å². The maximum absolute atomic E-state index is 12.9. The van der Waals surface area contributed by atoms with Crippen LogP contribution in [0.4, 0.5) is 10.1 Å². The van der Waals surface area contributed by atoms with Crippen LogP contribution in [0.1, 0.15) is 25.7 Å². The Balaban J connectivity index is 0.00000180. The zero-order valence-corrected chi connectivity index (χ0v) is 11.9. The van der Waals surface area contributed by atoms with Crippen LogP contribution >= 0.6 is 24.0 Å². The average molecular weight is 307 g/mol. The van der Waals surface area contributed by atoms with E-state index in [1.165, 1.54) is 18.2 Å². The molecule has 1 aromatic carbocycles. The van der Waals surface area contributed by atoms with Crippen molar-refractivity contribution in [1.82, 2.24) is 0 Å². The smallest absolute Gasteiger partial charge is 0.227 e. The summed E-state index contributed by atoms with van der Waals surface area (Å²) in [4.78, 5) is 12.0. The van der Waals surface area contributed by atoms with Gasteiger partial charge in [-0.05, 0) is 43.9 Å². The second-order valence-electron chi connectivity index (χ2n) is 4.73. The maximum Gasteiger partial charge on any atom is 0.227 e. The van der Waals surface area contributed by atoms with Crippen molar-refractivity contribution in [2.45, 2.75) is 31.7 Å². The van der Waals surface area contributed by atoms with E-state index in [4.69, 9.17) is 17.3 Å². The van der Waals surface area contributed by atoms with Gasteiger partial charge in [-0.15, -0.1) is 12.4 Å². The fourth-order valence-corrected chi connectivity index (χ4v) is 2.42. The fraction of sp³-hybridized carbons (Fsp3) is 0.462. The molecule has 19 heavy (non-hydrogen) atoms. The number of nitrogens with two attached hydrogens (primary N) is 1. The summed E-state index contributed by atoms with van der Waals surface area (Å²) in [6.45, 7) is 0. The van der Waals surface area contributed by atoms with Crippen LogP contribution < -0.4 is 11.1 Å². The SMILES string of the molecule is Cl.N[C@H]1CC[C@H](C(=O)Nc2ccc(F)cc2Cl)CC1. The van der Waals surface area contributed by atoms with Crippen LogP contribution in [0.2, 0.25) is 5.02 Å². The highest BCUT2D eigenvalue weighted by Gasteiger charge is 2.24. The van der Waals surface area contributed by atoms with E-state index in [1.807, 2.05) is 0 Å². The molecule has 3 nitrogen and oxygen atoms in total. The van der Waals surface area contributed by atoms with Gasteiger partial charge >= 0.3 is 0 Å². The molecule has 2 rings (SSSR count). The standard InChI is InChI=1S/C13H16ClFN2O.ClH/c14-11-7-9(15)3-6-12(11)17-13(18)8-1-4-10(16)5-2-8;/h3,6-8,10H,1-2,4-5,16H2,(H,17,18);1H/t8-,10-;. The lowest BCUT2D eigenvalue weighted by molar-refractivity contribution is -0.120. The first-order chi connectivity index (χ1) is 8.56. The molecule has 6 heteroatoms. The van der Waals surface area contributed by atoms with E-state index >= 15 is 0 Å². The molecule has 0 spiro atoms. The van der Waals surface area contributed by atoms with E-state index in [0.717, 1.165) is 25.7 Å². The molecule has 1 amide bonds. The maximum atomic E-state index is 12.9. The number of rotatable bonds is 2. The molecular formula is C13H17Cl2FN2O. The molecular weight excluding hydrogens is 290 g/mol. The minimum Gasteiger partial charge on any atom is -0.328 e. The highest BCUT2D eigenvalue weighted by atomic mass is 35.5. The van der Waals surface area contributed by atoms with Crippen LogP contribution in [0.5, 0.6) is 0 Å². The van der Waals surface area contributed by atoms with Gasteiger partial charge < -0.3 is 11.1 Å². The van der Waals surface area contributed by atoms with Gasteiger partial charge in [0.1, 0.15) is 5.82 Å². The van der Waals surface area contributed by atoms with E-state index in [2.05, 4.69) is 5.32 Å². The summed E-state index contributed by atoms with van der Waals surface area (Å²) in [6, 6.07) is 4.15. The Labute approximate surface area is 123 Å². The molecule has 0 radical (unpaired) electrons. The number of carbonyl (C=O) groups excluding carboxylic acids is 1. The third-order valence-corrected chi connectivity index (χ3v) is 3.64. The van der Waals surface area contributed by atoms with Gasteiger partial charge in [-0.1, -0.05) is 11.6 Å². The molecule has 0 bridgehead atoms. The lowest BCUT2D eigenvalue weighted by Gasteiger charge is -2.25. The van der Waals surface area contributed by atoms with E-state index in [1.54, 1.807) is 0 Å². The summed E-state index contributed by atoms with van der Waals surface area (Å²) in [5, 5.41) is 2.96. The molecule has 1 aromatic rings. The van der Waals surface area contributed by atoms with Crippen LogP contribution in [0, 0.1) is 11.7 Å². The van der Waals surface area contributed by atoms with Crippen LogP contribution in [0.25, 0.3) is 0 Å². The number of amides is 1. The predicted molar refractivity (Wildman–Crippen MR) is 77.2 cm³/mol. The zero-order valence-electron chi connectivity index (χ0n) is 10.4. The van der Waals surface area contributed by atoms with Crippen molar-refractivity contribution in [3.63, 3.8) is 0 Å². The number of hydrogen-bond acceptors (Lipinski definition) is 2. The Kier molecular flexibility index (Phi) is 6.04. The molecule has 1 aliphatic carbocycles. The van der Waals surface area contributed by atoms with Gasteiger partial charge in [0.25, 0.3) is 0 Å². The van der Waals surface area contributed by atoms with Crippen LogP contribution in [0.15, 0.2) is 18.2 Å². The summed E-state index contributed by atoms with van der Waals surface area (Å²) in [7, 11) is 0. The summed E-state index contributed by atoms with van der Waals surface area (Å²) < 4.78 is 12.9. The minimum absolute atomic E-state index is 0. The summed E-state index contributed by atoms with van der Waals surface area (Å²) in [6.07, 6.45) is 3.34. The largest absolute Gasteiger partial charge is 0.328 e. The van der Waals surface area contributed by atoms with E-state index in [0.29, 0.717) is 5.69 Å². The Morgan fingerprint density at radius 2 is 1.95 bits per heavy atom. The van der Waals surface area contributed by atoms with Crippen LogP contribution in [0.3, 0.4) is 0 Å². The fourth-order valence-electron chi connectivity index (χ4n) is 2.21. The van der Waals surface area contributed by atoms with Gasteiger partial charge in [-0.2, -0.15) is 0 Å². The molecule has 0 heterocycles. The lowest BCUT2D eigenvalue weighted by atomic mass is 9.86. The van der Waals surface area contributed by atoms with Gasteiger partial charge in [-0.3, -0.25) is 4.79 Å². The molecule has 1 saturated carbocycles.